The van der Waals surface area contributed by atoms with Gasteiger partial charge in [-0.2, -0.15) is 0 Å². The lowest BCUT2D eigenvalue weighted by atomic mass is 10.1. The van der Waals surface area contributed by atoms with Gasteiger partial charge in [-0.3, -0.25) is 5.41 Å². The molecule has 2 aromatic carbocycles. The molecule has 1 aliphatic heterocycles. The quantitative estimate of drug-likeness (QED) is 0.515. The maximum Gasteiger partial charge on any atom is 0.160 e. The molecule has 1 aliphatic rings. The van der Waals surface area contributed by atoms with Gasteiger partial charge in [0.2, 0.25) is 0 Å². The van der Waals surface area contributed by atoms with Gasteiger partial charge < -0.3 is 19.5 Å². The number of ether oxygens (including phenoxy) is 2. The van der Waals surface area contributed by atoms with E-state index in [2.05, 4.69) is 31.2 Å². The highest BCUT2D eigenvalue weighted by Crippen LogP contribution is 2.35. The SMILES string of the molecule is COc1ccc(CCN2CC(O)=C(c3nc(-c4ccc(C)cc4)c(C)s3)C2=N)cc1OC. The second kappa shape index (κ2) is 9.04. The predicted octanol–water partition coefficient (Wildman–Crippen LogP) is 5.25. The molecule has 0 atom stereocenters. The van der Waals surface area contributed by atoms with Gasteiger partial charge in [0.15, 0.2) is 11.5 Å². The molecule has 0 radical (unpaired) electrons. The standard InChI is InChI=1S/C25H27N3O3S/c1-15-5-8-18(9-6-15)23-16(2)32-25(27-23)22-19(29)14-28(24(22)26)12-11-17-7-10-20(30-3)21(13-17)31-4/h5-10,13,26,29H,11-12,14H2,1-4H3. The summed E-state index contributed by atoms with van der Waals surface area (Å²) in [5, 5.41) is 20.0. The molecule has 0 bridgehead atoms. The number of aryl methyl sites for hydroxylation is 2. The molecular formula is C25H27N3O3S. The molecule has 0 unspecified atom stereocenters. The molecule has 2 heterocycles. The maximum absolute atomic E-state index is 10.7. The number of hydrogen-bond donors (Lipinski definition) is 2. The van der Waals surface area contributed by atoms with Gasteiger partial charge in [0.05, 0.1) is 32.0 Å². The number of aliphatic hydroxyl groups is 1. The van der Waals surface area contributed by atoms with E-state index in [9.17, 15) is 5.11 Å². The van der Waals surface area contributed by atoms with Crippen LogP contribution in [0.25, 0.3) is 16.8 Å². The Kier molecular flexibility index (Phi) is 6.19. The molecule has 0 aliphatic carbocycles. The highest BCUT2D eigenvalue weighted by Gasteiger charge is 2.30. The summed E-state index contributed by atoms with van der Waals surface area (Å²) in [4.78, 5) is 7.74. The summed E-state index contributed by atoms with van der Waals surface area (Å²) in [5.41, 5.74) is 4.76. The number of nitrogens with one attached hydrogen (secondary N) is 1. The zero-order chi connectivity index (χ0) is 22.8. The second-order valence-electron chi connectivity index (χ2n) is 7.82. The van der Waals surface area contributed by atoms with Crippen molar-refractivity contribution in [2.24, 2.45) is 0 Å². The summed E-state index contributed by atoms with van der Waals surface area (Å²) in [7, 11) is 3.23. The smallest absolute Gasteiger partial charge is 0.160 e. The Morgan fingerprint density at radius 2 is 1.78 bits per heavy atom. The predicted molar refractivity (Wildman–Crippen MR) is 129 cm³/mol. The number of amidine groups is 1. The summed E-state index contributed by atoms with van der Waals surface area (Å²) in [5.74, 6) is 1.89. The molecule has 0 amide bonds. The average molecular weight is 450 g/mol. The first-order valence-corrected chi connectivity index (χ1v) is 11.2. The Morgan fingerprint density at radius 3 is 2.47 bits per heavy atom. The normalized spacial score (nSPS) is 13.8. The Balaban J connectivity index is 1.50. The molecule has 0 fully saturated rings. The summed E-state index contributed by atoms with van der Waals surface area (Å²) in [6.07, 6.45) is 0.717. The van der Waals surface area contributed by atoms with Crippen molar-refractivity contribution in [2.45, 2.75) is 20.3 Å². The molecule has 6 nitrogen and oxygen atoms in total. The zero-order valence-electron chi connectivity index (χ0n) is 18.7. The number of thiazole rings is 1. The summed E-state index contributed by atoms with van der Waals surface area (Å²) < 4.78 is 10.7. The van der Waals surface area contributed by atoms with E-state index >= 15 is 0 Å². The summed E-state index contributed by atoms with van der Waals surface area (Å²) in [6, 6.07) is 14.1. The van der Waals surface area contributed by atoms with Crippen LogP contribution < -0.4 is 9.47 Å². The van der Waals surface area contributed by atoms with Crippen LogP contribution in [-0.4, -0.2) is 48.1 Å². The highest BCUT2D eigenvalue weighted by molar-refractivity contribution is 7.13. The van der Waals surface area contributed by atoms with Crippen molar-refractivity contribution in [3.63, 3.8) is 0 Å². The summed E-state index contributed by atoms with van der Waals surface area (Å²) >= 11 is 1.52. The van der Waals surface area contributed by atoms with Crippen LogP contribution in [0.2, 0.25) is 0 Å². The van der Waals surface area contributed by atoms with Crippen molar-refractivity contribution in [3.8, 4) is 22.8 Å². The van der Waals surface area contributed by atoms with Crippen molar-refractivity contribution in [1.29, 1.82) is 5.41 Å². The lowest BCUT2D eigenvalue weighted by Gasteiger charge is -2.18. The molecule has 4 rings (SSSR count). The Morgan fingerprint density at radius 1 is 1.06 bits per heavy atom. The number of aliphatic hydroxyl groups excluding tert-OH is 1. The number of aromatic nitrogens is 1. The summed E-state index contributed by atoms with van der Waals surface area (Å²) in [6.45, 7) is 5.01. The Labute approximate surface area is 192 Å². The van der Waals surface area contributed by atoms with Crippen LogP contribution in [0.4, 0.5) is 0 Å². The Hall–Kier alpha value is -3.32. The van der Waals surface area contributed by atoms with E-state index in [1.165, 1.54) is 16.9 Å². The van der Waals surface area contributed by atoms with Crippen LogP contribution in [0, 0.1) is 19.3 Å². The molecular weight excluding hydrogens is 422 g/mol. The number of rotatable bonds is 7. The molecule has 0 spiro atoms. The molecule has 0 saturated carbocycles. The van der Waals surface area contributed by atoms with Gasteiger partial charge in [0.1, 0.15) is 16.6 Å². The number of methoxy groups -OCH3 is 2. The van der Waals surface area contributed by atoms with Crippen LogP contribution in [0.3, 0.4) is 0 Å². The van der Waals surface area contributed by atoms with E-state index in [-0.39, 0.29) is 5.76 Å². The van der Waals surface area contributed by atoms with Gasteiger partial charge in [0, 0.05) is 17.0 Å². The molecule has 0 saturated heterocycles. The first kappa shape index (κ1) is 21.9. The fourth-order valence-corrected chi connectivity index (χ4v) is 4.84. The lowest BCUT2D eigenvalue weighted by molar-refractivity contribution is 0.349. The largest absolute Gasteiger partial charge is 0.510 e. The number of nitrogens with zero attached hydrogens (tertiary/aromatic N) is 2. The van der Waals surface area contributed by atoms with Crippen LogP contribution in [0.15, 0.2) is 48.2 Å². The molecule has 3 aromatic rings. The fraction of sp³-hybridized carbons (Fsp3) is 0.280. The molecule has 32 heavy (non-hydrogen) atoms. The van der Waals surface area contributed by atoms with E-state index < -0.39 is 0 Å². The third kappa shape index (κ3) is 4.21. The van der Waals surface area contributed by atoms with Crippen molar-refractivity contribution in [1.82, 2.24) is 9.88 Å². The first-order valence-electron chi connectivity index (χ1n) is 10.4. The van der Waals surface area contributed by atoms with Crippen molar-refractivity contribution >= 4 is 22.7 Å². The van der Waals surface area contributed by atoms with Gasteiger partial charge in [-0.15, -0.1) is 11.3 Å². The minimum Gasteiger partial charge on any atom is -0.510 e. The second-order valence-corrected chi connectivity index (χ2v) is 9.02. The first-order chi connectivity index (χ1) is 15.4. The topological polar surface area (TPSA) is 78.7 Å². The van der Waals surface area contributed by atoms with Gasteiger partial charge in [0.25, 0.3) is 0 Å². The third-order valence-electron chi connectivity index (χ3n) is 5.64. The van der Waals surface area contributed by atoms with Crippen molar-refractivity contribution < 1.29 is 14.6 Å². The fourth-order valence-electron chi connectivity index (χ4n) is 3.83. The lowest BCUT2D eigenvalue weighted by Crippen LogP contribution is -2.28. The molecule has 2 N–H and O–H groups in total. The highest BCUT2D eigenvalue weighted by atomic mass is 32.1. The maximum atomic E-state index is 10.7. The van der Waals surface area contributed by atoms with E-state index in [1.54, 1.807) is 14.2 Å². The van der Waals surface area contributed by atoms with Crippen LogP contribution in [0.5, 0.6) is 11.5 Å². The third-order valence-corrected chi connectivity index (χ3v) is 6.62. The number of hydrogen-bond acceptors (Lipinski definition) is 6. The van der Waals surface area contributed by atoms with E-state index in [1.807, 2.05) is 30.0 Å². The zero-order valence-corrected chi connectivity index (χ0v) is 19.5. The number of benzene rings is 2. The van der Waals surface area contributed by atoms with Gasteiger partial charge in [-0.1, -0.05) is 35.9 Å². The van der Waals surface area contributed by atoms with Crippen LogP contribution >= 0.6 is 11.3 Å². The Bertz CT molecular complexity index is 1180. The molecule has 7 heteroatoms. The monoisotopic (exact) mass is 449 g/mol. The molecule has 1 aromatic heterocycles. The van der Waals surface area contributed by atoms with Gasteiger partial charge in [-0.25, -0.2) is 4.98 Å². The molecule has 166 valence electrons. The van der Waals surface area contributed by atoms with E-state index in [0.717, 1.165) is 28.1 Å². The van der Waals surface area contributed by atoms with Crippen LogP contribution in [0.1, 0.15) is 21.0 Å². The minimum atomic E-state index is 0.200. The van der Waals surface area contributed by atoms with Crippen LogP contribution in [-0.2, 0) is 6.42 Å². The van der Waals surface area contributed by atoms with E-state index in [0.29, 0.717) is 41.0 Å². The van der Waals surface area contributed by atoms with E-state index in [4.69, 9.17) is 19.9 Å². The average Bonchev–Trinajstić information content (AvgIpc) is 3.30. The van der Waals surface area contributed by atoms with Gasteiger partial charge in [-0.05, 0) is 38.0 Å². The van der Waals surface area contributed by atoms with Crippen molar-refractivity contribution in [2.75, 3.05) is 27.3 Å². The van der Waals surface area contributed by atoms with Crippen molar-refractivity contribution in [3.05, 3.63) is 69.2 Å². The van der Waals surface area contributed by atoms with Gasteiger partial charge >= 0.3 is 0 Å². The minimum absolute atomic E-state index is 0.200.